The molecule has 10 heteroatoms. The van der Waals surface area contributed by atoms with Crippen LogP contribution in [0.2, 0.25) is 0 Å². The summed E-state index contributed by atoms with van der Waals surface area (Å²) in [6.07, 6.45) is 29.4. The van der Waals surface area contributed by atoms with Crippen LogP contribution in [0.5, 0.6) is 0 Å². The highest BCUT2D eigenvalue weighted by molar-refractivity contribution is 5.81. The smallest absolute Gasteiger partial charge is 0.249 e. The summed E-state index contributed by atoms with van der Waals surface area (Å²) in [6.45, 7) is 3.50. The van der Waals surface area contributed by atoms with E-state index in [4.69, 9.17) is 9.47 Å². The second kappa shape index (κ2) is 32.5. The Morgan fingerprint density at radius 3 is 1.79 bits per heavy atom. The summed E-state index contributed by atoms with van der Waals surface area (Å²) in [5.74, 6) is -0.697. The van der Waals surface area contributed by atoms with Crippen molar-refractivity contribution in [2.75, 3.05) is 13.2 Å². The van der Waals surface area contributed by atoms with Crippen molar-refractivity contribution in [3.8, 4) is 0 Å². The summed E-state index contributed by atoms with van der Waals surface area (Å²) in [6, 6.07) is -1.03. The zero-order valence-electron chi connectivity index (χ0n) is 32.4. The van der Waals surface area contributed by atoms with Gasteiger partial charge in [0.2, 0.25) is 5.91 Å². The second-order valence-electron chi connectivity index (χ2n) is 14.2. The van der Waals surface area contributed by atoms with Crippen LogP contribution in [0.15, 0.2) is 48.6 Å². The lowest BCUT2D eigenvalue weighted by molar-refractivity contribution is -0.302. The number of aliphatic hydroxyl groups excluding tert-OH is 6. The maximum atomic E-state index is 12.9. The number of amides is 1. The van der Waals surface area contributed by atoms with Crippen LogP contribution < -0.4 is 5.32 Å². The van der Waals surface area contributed by atoms with E-state index in [2.05, 4.69) is 43.5 Å². The van der Waals surface area contributed by atoms with Crippen molar-refractivity contribution in [3.63, 3.8) is 0 Å². The highest BCUT2D eigenvalue weighted by Crippen LogP contribution is 2.22. The molecule has 0 saturated carbocycles. The predicted molar refractivity (Wildman–Crippen MR) is 209 cm³/mol. The Morgan fingerprint density at radius 2 is 1.19 bits per heavy atom. The Kier molecular flexibility index (Phi) is 30.1. The van der Waals surface area contributed by atoms with Crippen molar-refractivity contribution < 1.29 is 44.9 Å². The first-order valence-corrected chi connectivity index (χ1v) is 20.5. The van der Waals surface area contributed by atoms with E-state index < -0.39 is 61.5 Å². The van der Waals surface area contributed by atoms with E-state index in [-0.39, 0.29) is 13.0 Å². The molecule has 0 aromatic carbocycles. The van der Waals surface area contributed by atoms with Gasteiger partial charge in [-0.2, -0.15) is 0 Å². The van der Waals surface area contributed by atoms with E-state index in [0.29, 0.717) is 12.8 Å². The van der Waals surface area contributed by atoms with E-state index >= 15 is 0 Å². The van der Waals surface area contributed by atoms with E-state index in [1.54, 1.807) is 12.2 Å². The normalized spacial score (nSPS) is 23.0. The van der Waals surface area contributed by atoms with Crippen molar-refractivity contribution in [1.29, 1.82) is 0 Å². The Hall–Kier alpha value is -1.89. The highest BCUT2D eigenvalue weighted by Gasteiger charge is 2.44. The number of carbonyl (C=O) groups is 1. The molecule has 1 saturated heterocycles. The van der Waals surface area contributed by atoms with Gasteiger partial charge < -0.3 is 45.4 Å². The highest BCUT2D eigenvalue weighted by atomic mass is 16.7. The van der Waals surface area contributed by atoms with Gasteiger partial charge in [-0.1, -0.05) is 146 Å². The molecule has 302 valence electrons. The van der Waals surface area contributed by atoms with Gasteiger partial charge in [-0.15, -0.1) is 0 Å². The molecule has 0 aromatic rings. The maximum Gasteiger partial charge on any atom is 0.249 e. The Bertz CT molecular complexity index is 969. The molecule has 8 atom stereocenters. The van der Waals surface area contributed by atoms with Crippen LogP contribution in [0.3, 0.4) is 0 Å². The molecule has 1 aliphatic rings. The largest absolute Gasteiger partial charge is 0.394 e. The molecule has 8 unspecified atom stereocenters. The van der Waals surface area contributed by atoms with Gasteiger partial charge in [-0.3, -0.25) is 4.79 Å². The summed E-state index contributed by atoms with van der Waals surface area (Å²) < 4.78 is 11.1. The molecule has 0 aromatic heterocycles. The average Bonchev–Trinajstić information content (AvgIpc) is 3.14. The van der Waals surface area contributed by atoms with E-state index in [9.17, 15) is 35.4 Å². The van der Waals surface area contributed by atoms with Gasteiger partial charge in [-0.05, 0) is 44.9 Å². The molecule has 1 fully saturated rings. The van der Waals surface area contributed by atoms with Crippen LogP contribution >= 0.6 is 0 Å². The standard InChI is InChI=1S/C42H75NO9/c1-3-5-7-9-11-13-15-17-18-19-21-22-24-26-28-30-35(45)34(33-51-42-40(49)39(48)38(47)37(32-44)52-42)43-41(50)36(46)31-29-27-25-23-20-16-14-12-10-8-6-4-2/h20-23,27-30,34-40,42,44-49H,3-19,24-26,31-33H2,1-2H3,(H,43,50)/b22-21+,23-20-,29-27-,30-28+. The number of ether oxygens (including phenoxy) is 2. The fourth-order valence-electron chi connectivity index (χ4n) is 6.04. The summed E-state index contributed by atoms with van der Waals surface area (Å²) in [5, 5.41) is 64.2. The molecule has 0 bridgehead atoms. The van der Waals surface area contributed by atoms with Gasteiger partial charge in [0.1, 0.15) is 30.5 Å². The molecule has 0 radical (unpaired) electrons. The van der Waals surface area contributed by atoms with Gasteiger partial charge in [0.15, 0.2) is 6.29 Å². The third-order valence-electron chi connectivity index (χ3n) is 9.49. The molecular formula is C42H75NO9. The fourth-order valence-corrected chi connectivity index (χ4v) is 6.04. The first kappa shape index (κ1) is 48.1. The Labute approximate surface area is 315 Å². The van der Waals surface area contributed by atoms with E-state index in [1.807, 2.05) is 12.2 Å². The van der Waals surface area contributed by atoms with E-state index in [0.717, 1.165) is 19.3 Å². The van der Waals surface area contributed by atoms with Crippen LogP contribution in [0.4, 0.5) is 0 Å². The molecule has 1 rings (SSSR count). The van der Waals surface area contributed by atoms with Gasteiger partial charge in [0, 0.05) is 6.42 Å². The molecule has 0 aliphatic carbocycles. The van der Waals surface area contributed by atoms with Gasteiger partial charge in [-0.25, -0.2) is 0 Å². The monoisotopic (exact) mass is 738 g/mol. The zero-order valence-corrected chi connectivity index (χ0v) is 32.4. The minimum Gasteiger partial charge on any atom is -0.394 e. The minimum absolute atomic E-state index is 0.0920. The number of aliphatic hydroxyl groups is 6. The summed E-state index contributed by atoms with van der Waals surface area (Å²) in [5.41, 5.74) is 0. The number of nitrogens with one attached hydrogen (secondary N) is 1. The molecule has 7 N–H and O–H groups in total. The van der Waals surface area contributed by atoms with Crippen LogP contribution in [-0.4, -0.2) is 98.7 Å². The minimum atomic E-state index is -1.63. The van der Waals surface area contributed by atoms with Crippen LogP contribution in [0, 0.1) is 0 Å². The summed E-state index contributed by atoms with van der Waals surface area (Å²) in [4.78, 5) is 12.9. The average molecular weight is 738 g/mol. The maximum absolute atomic E-state index is 12.9. The lowest BCUT2D eigenvalue weighted by atomic mass is 9.99. The Balaban J connectivity index is 2.58. The van der Waals surface area contributed by atoms with E-state index in [1.165, 1.54) is 96.3 Å². The summed E-state index contributed by atoms with van der Waals surface area (Å²) in [7, 11) is 0. The lowest BCUT2D eigenvalue weighted by Crippen LogP contribution is -2.60. The first-order valence-electron chi connectivity index (χ1n) is 20.5. The number of carbonyl (C=O) groups excluding carboxylic acids is 1. The SMILES string of the molecule is CCCCCCCC/C=C\C/C=C\CC(O)C(=O)NC(COC1OC(CO)C(O)C(O)C1O)C(O)/C=C/CC/C=C/CCCCCCCCCCC. The van der Waals surface area contributed by atoms with Crippen molar-refractivity contribution >= 4 is 5.91 Å². The molecule has 10 nitrogen and oxygen atoms in total. The van der Waals surface area contributed by atoms with Crippen molar-refractivity contribution in [2.45, 2.75) is 198 Å². The topological polar surface area (TPSA) is 169 Å². The molecule has 1 amide bonds. The predicted octanol–water partition coefficient (Wildman–Crippen LogP) is 6.47. The van der Waals surface area contributed by atoms with Crippen molar-refractivity contribution in [1.82, 2.24) is 5.32 Å². The van der Waals surface area contributed by atoms with Gasteiger partial charge in [0.05, 0.1) is 25.4 Å². The number of allylic oxidation sites excluding steroid dienone is 6. The Morgan fingerprint density at radius 1 is 0.673 bits per heavy atom. The molecule has 1 aliphatic heterocycles. The van der Waals surface area contributed by atoms with Crippen molar-refractivity contribution in [2.24, 2.45) is 0 Å². The number of rotatable bonds is 32. The molecule has 1 heterocycles. The van der Waals surface area contributed by atoms with Crippen LogP contribution in [-0.2, 0) is 14.3 Å². The fraction of sp³-hybridized carbons (Fsp3) is 0.786. The number of hydrogen-bond acceptors (Lipinski definition) is 9. The van der Waals surface area contributed by atoms with Crippen molar-refractivity contribution in [3.05, 3.63) is 48.6 Å². The lowest BCUT2D eigenvalue weighted by Gasteiger charge is -2.40. The first-order chi connectivity index (χ1) is 25.3. The van der Waals surface area contributed by atoms with Crippen LogP contribution in [0.25, 0.3) is 0 Å². The molecule has 52 heavy (non-hydrogen) atoms. The number of unbranched alkanes of at least 4 members (excludes halogenated alkanes) is 16. The third kappa shape index (κ3) is 23.0. The third-order valence-corrected chi connectivity index (χ3v) is 9.49. The second-order valence-corrected chi connectivity index (χ2v) is 14.2. The van der Waals surface area contributed by atoms with Gasteiger partial charge in [0.25, 0.3) is 0 Å². The molecular weight excluding hydrogens is 662 g/mol. The quantitative estimate of drug-likeness (QED) is 0.0303. The summed E-state index contributed by atoms with van der Waals surface area (Å²) >= 11 is 0. The van der Waals surface area contributed by atoms with Crippen LogP contribution in [0.1, 0.15) is 149 Å². The number of hydrogen-bond donors (Lipinski definition) is 7. The zero-order chi connectivity index (χ0) is 38.2. The van der Waals surface area contributed by atoms with Gasteiger partial charge >= 0.3 is 0 Å². The molecule has 0 spiro atoms.